The molecular weight excluding hydrogens is 353 g/mol. The summed E-state index contributed by atoms with van der Waals surface area (Å²) in [6, 6.07) is 11.3. The van der Waals surface area contributed by atoms with Gasteiger partial charge in [-0.3, -0.25) is 4.79 Å². The highest BCUT2D eigenvalue weighted by atomic mass is 32.1. The molecule has 5 nitrogen and oxygen atoms in total. The average Bonchev–Trinajstić information content (AvgIpc) is 2.97. The number of thiocarbonyl (C=S) groups is 1. The fourth-order valence-electron chi connectivity index (χ4n) is 2.20. The number of halogens is 1. The number of fused-ring (bicyclic) bond motifs is 1. The molecule has 0 bridgehead atoms. The van der Waals surface area contributed by atoms with E-state index < -0.39 is 5.41 Å². The van der Waals surface area contributed by atoms with Gasteiger partial charge in [0.05, 0.1) is 0 Å². The van der Waals surface area contributed by atoms with Crippen LogP contribution in [0.2, 0.25) is 0 Å². The van der Waals surface area contributed by atoms with Crippen LogP contribution in [0.1, 0.15) is 20.8 Å². The summed E-state index contributed by atoms with van der Waals surface area (Å²) in [6.45, 7) is 5.42. The Bertz CT molecular complexity index is 992. The molecular formula is C19H18FN3O2S. The van der Waals surface area contributed by atoms with Crippen molar-refractivity contribution in [1.29, 1.82) is 0 Å². The number of oxazole rings is 1. The second-order valence-electron chi connectivity index (χ2n) is 6.87. The summed E-state index contributed by atoms with van der Waals surface area (Å²) in [5.41, 5.74) is 1.85. The lowest BCUT2D eigenvalue weighted by Crippen LogP contribution is -2.41. The van der Waals surface area contributed by atoms with Gasteiger partial charge in [-0.25, -0.2) is 9.37 Å². The van der Waals surface area contributed by atoms with Gasteiger partial charge in [0.2, 0.25) is 11.8 Å². The van der Waals surface area contributed by atoms with Crippen LogP contribution in [0.15, 0.2) is 46.9 Å². The fraction of sp³-hybridized carbons (Fsp3) is 0.211. The molecule has 0 radical (unpaired) electrons. The number of hydrogen-bond acceptors (Lipinski definition) is 4. The molecule has 3 rings (SSSR count). The van der Waals surface area contributed by atoms with Gasteiger partial charge in [0.25, 0.3) is 0 Å². The molecule has 0 atom stereocenters. The molecule has 0 spiro atoms. The molecule has 1 amide bonds. The molecule has 0 saturated heterocycles. The smallest absolute Gasteiger partial charge is 0.231 e. The summed E-state index contributed by atoms with van der Waals surface area (Å²) >= 11 is 5.17. The monoisotopic (exact) mass is 371 g/mol. The van der Waals surface area contributed by atoms with Crippen molar-refractivity contribution in [2.75, 3.05) is 5.32 Å². The number of anilines is 1. The molecule has 26 heavy (non-hydrogen) atoms. The van der Waals surface area contributed by atoms with E-state index in [-0.39, 0.29) is 16.8 Å². The maximum absolute atomic E-state index is 13.4. The van der Waals surface area contributed by atoms with Crippen molar-refractivity contribution < 1.29 is 13.6 Å². The Labute approximate surface area is 155 Å². The number of amides is 1. The Morgan fingerprint density at radius 1 is 1.19 bits per heavy atom. The van der Waals surface area contributed by atoms with Crippen LogP contribution in [0.25, 0.3) is 22.6 Å². The SMILES string of the molecule is CC(C)(C)C(=O)NC(=S)Nc1ccc2oc(-c3cccc(F)c3)nc2c1. The molecule has 0 aliphatic heterocycles. The van der Waals surface area contributed by atoms with Crippen molar-refractivity contribution in [3.05, 3.63) is 48.3 Å². The lowest BCUT2D eigenvalue weighted by molar-refractivity contribution is -0.126. The highest BCUT2D eigenvalue weighted by molar-refractivity contribution is 7.80. The molecule has 7 heteroatoms. The van der Waals surface area contributed by atoms with Crippen LogP contribution < -0.4 is 10.6 Å². The summed E-state index contributed by atoms with van der Waals surface area (Å²) in [5.74, 6) is -0.196. The van der Waals surface area contributed by atoms with Gasteiger partial charge < -0.3 is 15.1 Å². The Morgan fingerprint density at radius 3 is 2.65 bits per heavy atom. The van der Waals surface area contributed by atoms with Crippen LogP contribution in [0, 0.1) is 11.2 Å². The predicted molar refractivity (Wildman–Crippen MR) is 103 cm³/mol. The third kappa shape index (κ3) is 4.05. The van der Waals surface area contributed by atoms with E-state index >= 15 is 0 Å². The van der Waals surface area contributed by atoms with Gasteiger partial charge in [-0.1, -0.05) is 26.8 Å². The summed E-state index contributed by atoms with van der Waals surface area (Å²) in [4.78, 5) is 16.4. The van der Waals surface area contributed by atoms with Gasteiger partial charge in [0.15, 0.2) is 10.7 Å². The Hall–Kier alpha value is -2.80. The van der Waals surface area contributed by atoms with E-state index in [0.29, 0.717) is 28.2 Å². The van der Waals surface area contributed by atoms with Crippen molar-refractivity contribution in [2.24, 2.45) is 5.41 Å². The molecule has 0 aliphatic rings. The Morgan fingerprint density at radius 2 is 1.96 bits per heavy atom. The Balaban J connectivity index is 1.79. The van der Waals surface area contributed by atoms with E-state index in [0.717, 1.165) is 0 Å². The van der Waals surface area contributed by atoms with E-state index in [2.05, 4.69) is 15.6 Å². The van der Waals surface area contributed by atoms with Crippen molar-refractivity contribution in [3.63, 3.8) is 0 Å². The molecule has 0 aliphatic carbocycles. The molecule has 0 saturated carbocycles. The minimum absolute atomic E-state index is 0.175. The average molecular weight is 371 g/mol. The number of aromatic nitrogens is 1. The minimum Gasteiger partial charge on any atom is -0.436 e. The quantitative estimate of drug-likeness (QED) is 0.650. The second-order valence-corrected chi connectivity index (χ2v) is 7.28. The van der Waals surface area contributed by atoms with E-state index in [1.807, 2.05) is 0 Å². The maximum Gasteiger partial charge on any atom is 0.231 e. The van der Waals surface area contributed by atoms with Crippen molar-refractivity contribution in [3.8, 4) is 11.5 Å². The van der Waals surface area contributed by atoms with E-state index in [1.165, 1.54) is 12.1 Å². The first-order valence-corrected chi connectivity index (χ1v) is 8.42. The van der Waals surface area contributed by atoms with Gasteiger partial charge in [-0.15, -0.1) is 0 Å². The molecule has 134 valence electrons. The number of carbonyl (C=O) groups is 1. The highest BCUT2D eigenvalue weighted by Gasteiger charge is 2.22. The first kappa shape index (κ1) is 18.0. The zero-order chi connectivity index (χ0) is 18.9. The summed E-state index contributed by atoms with van der Waals surface area (Å²) in [5, 5.41) is 5.81. The van der Waals surface area contributed by atoms with Crippen LogP contribution in [0.3, 0.4) is 0 Å². The van der Waals surface area contributed by atoms with Crippen molar-refractivity contribution in [1.82, 2.24) is 10.3 Å². The second kappa shape index (κ2) is 6.84. The fourth-order valence-corrected chi connectivity index (χ4v) is 2.41. The number of benzene rings is 2. The Kier molecular flexibility index (Phi) is 4.73. The minimum atomic E-state index is -0.540. The molecule has 1 aromatic heterocycles. The van der Waals surface area contributed by atoms with Crippen molar-refractivity contribution in [2.45, 2.75) is 20.8 Å². The lowest BCUT2D eigenvalue weighted by atomic mass is 9.96. The van der Waals surface area contributed by atoms with Crippen LogP contribution in [-0.2, 0) is 4.79 Å². The third-order valence-electron chi connectivity index (χ3n) is 3.63. The topological polar surface area (TPSA) is 67.2 Å². The molecule has 0 fully saturated rings. The number of nitrogens with zero attached hydrogens (tertiary/aromatic N) is 1. The number of rotatable bonds is 2. The van der Waals surface area contributed by atoms with Gasteiger partial charge in [0.1, 0.15) is 11.3 Å². The normalized spacial score (nSPS) is 11.4. The van der Waals surface area contributed by atoms with Crippen LogP contribution in [0.5, 0.6) is 0 Å². The highest BCUT2D eigenvalue weighted by Crippen LogP contribution is 2.26. The zero-order valence-corrected chi connectivity index (χ0v) is 15.4. The van der Waals surface area contributed by atoms with Crippen LogP contribution >= 0.6 is 12.2 Å². The zero-order valence-electron chi connectivity index (χ0n) is 14.6. The van der Waals surface area contributed by atoms with E-state index in [4.69, 9.17) is 16.6 Å². The molecule has 3 aromatic rings. The van der Waals surface area contributed by atoms with Gasteiger partial charge >= 0.3 is 0 Å². The van der Waals surface area contributed by atoms with Crippen LogP contribution in [0.4, 0.5) is 10.1 Å². The number of hydrogen-bond donors (Lipinski definition) is 2. The predicted octanol–water partition coefficient (Wildman–Crippen LogP) is 4.49. The van der Waals surface area contributed by atoms with Gasteiger partial charge in [-0.05, 0) is 48.6 Å². The van der Waals surface area contributed by atoms with Gasteiger partial charge in [-0.2, -0.15) is 0 Å². The van der Waals surface area contributed by atoms with Gasteiger partial charge in [0, 0.05) is 16.7 Å². The first-order valence-electron chi connectivity index (χ1n) is 8.01. The molecule has 2 aromatic carbocycles. The molecule has 2 N–H and O–H groups in total. The van der Waals surface area contributed by atoms with Crippen LogP contribution in [-0.4, -0.2) is 16.0 Å². The van der Waals surface area contributed by atoms with Crippen molar-refractivity contribution >= 4 is 40.0 Å². The summed E-state index contributed by atoms with van der Waals surface area (Å²) < 4.78 is 19.0. The number of carbonyl (C=O) groups excluding carboxylic acids is 1. The van der Waals surface area contributed by atoms with E-state index in [1.54, 1.807) is 51.1 Å². The summed E-state index contributed by atoms with van der Waals surface area (Å²) in [7, 11) is 0. The standard InChI is InChI=1S/C19H18FN3O2S/c1-19(2,3)17(24)23-18(26)21-13-7-8-15-14(10-13)22-16(25-15)11-5-4-6-12(20)9-11/h4-10H,1-3H3,(H2,21,23,24,26). The molecule has 1 heterocycles. The number of nitrogens with one attached hydrogen (secondary N) is 2. The maximum atomic E-state index is 13.4. The summed E-state index contributed by atoms with van der Waals surface area (Å²) in [6.07, 6.45) is 0. The largest absolute Gasteiger partial charge is 0.436 e. The first-order chi connectivity index (χ1) is 12.2. The molecule has 0 unspecified atom stereocenters. The lowest BCUT2D eigenvalue weighted by Gasteiger charge is -2.18. The third-order valence-corrected chi connectivity index (χ3v) is 3.83. The van der Waals surface area contributed by atoms with E-state index in [9.17, 15) is 9.18 Å².